The van der Waals surface area contributed by atoms with Crippen molar-refractivity contribution in [1.29, 1.82) is 0 Å². The van der Waals surface area contributed by atoms with Gasteiger partial charge in [-0.15, -0.1) is 0 Å². The third-order valence-electron chi connectivity index (χ3n) is 3.51. The Labute approximate surface area is 122 Å². The summed E-state index contributed by atoms with van der Waals surface area (Å²) in [5, 5.41) is 1.15. The molecule has 0 N–H and O–H groups in total. The molecule has 3 heteroatoms. The van der Waals surface area contributed by atoms with Crippen molar-refractivity contribution in [2.24, 2.45) is 0 Å². The summed E-state index contributed by atoms with van der Waals surface area (Å²) >= 11 is 0. The molecule has 0 saturated heterocycles. The van der Waals surface area contributed by atoms with Crippen molar-refractivity contribution >= 4 is 19.4 Å². The van der Waals surface area contributed by atoms with Gasteiger partial charge in [0.2, 0.25) is 0 Å². The van der Waals surface area contributed by atoms with Gasteiger partial charge < -0.3 is 4.74 Å². The molecule has 2 nitrogen and oxygen atoms in total. The van der Waals surface area contributed by atoms with Gasteiger partial charge in [0, 0.05) is 12.0 Å². The van der Waals surface area contributed by atoms with E-state index in [0.29, 0.717) is 6.42 Å². The minimum atomic E-state index is -1.69. The number of ketones is 1. The molecule has 0 aromatic heterocycles. The summed E-state index contributed by atoms with van der Waals surface area (Å²) in [7, 11) is 0.00398. The van der Waals surface area contributed by atoms with Gasteiger partial charge >= 0.3 is 0 Å². The van der Waals surface area contributed by atoms with E-state index in [2.05, 4.69) is 25.7 Å². The Morgan fingerprint density at radius 3 is 2.30 bits per heavy atom. The number of hydrogen-bond donors (Lipinski definition) is 0. The molecule has 0 radical (unpaired) electrons. The zero-order valence-corrected chi connectivity index (χ0v) is 13.7. The molecule has 20 heavy (non-hydrogen) atoms. The quantitative estimate of drug-likeness (QED) is 0.778. The van der Waals surface area contributed by atoms with E-state index in [1.165, 1.54) is 0 Å². The van der Waals surface area contributed by atoms with E-state index in [1.807, 2.05) is 30.3 Å². The Morgan fingerprint density at radius 2 is 1.75 bits per heavy atom. The fraction of sp³-hybridized carbons (Fsp3) is 0.353. The van der Waals surface area contributed by atoms with E-state index in [9.17, 15) is 4.79 Å². The van der Waals surface area contributed by atoms with Crippen molar-refractivity contribution in [2.45, 2.75) is 32.5 Å². The number of Topliss-reactive ketones (excluding diaryl/α,β-unsaturated/α-hetero) is 1. The van der Waals surface area contributed by atoms with Crippen LogP contribution < -0.4 is 0 Å². The van der Waals surface area contributed by atoms with Crippen molar-refractivity contribution < 1.29 is 9.53 Å². The number of ether oxygens (including phenoxy) is 1. The number of methoxy groups -OCH3 is 1. The molecule has 0 atom stereocenters. The van der Waals surface area contributed by atoms with Crippen molar-refractivity contribution in [3.8, 4) is 0 Å². The molecule has 0 amide bonds. The fourth-order valence-corrected chi connectivity index (χ4v) is 4.64. The van der Waals surface area contributed by atoms with Gasteiger partial charge in [-0.3, -0.25) is 4.79 Å². The zero-order chi connectivity index (χ0) is 14.8. The summed E-state index contributed by atoms with van der Waals surface area (Å²) in [6.07, 6.45) is 3.39. The van der Waals surface area contributed by atoms with E-state index in [1.54, 1.807) is 7.11 Å². The van der Waals surface area contributed by atoms with E-state index in [4.69, 9.17) is 4.74 Å². The van der Waals surface area contributed by atoms with Gasteiger partial charge in [-0.05, 0) is 23.3 Å². The predicted octanol–water partition coefficient (Wildman–Crippen LogP) is 4.21. The van der Waals surface area contributed by atoms with Crippen LogP contribution in [0.4, 0.5) is 0 Å². The van der Waals surface area contributed by atoms with Crippen LogP contribution in [0.5, 0.6) is 0 Å². The molecule has 2 rings (SSSR count). The Hall–Kier alpha value is -1.61. The lowest BCUT2D eigenvalue weighted by Gasteiger charge is -2.25. The third-order valence-corrected chi connectivity index (χ3v) is 5.51. The molecular weight excluding hydrogens is 264 g/mol. The second-order valence-corrected chi connectivity index (χ2v) is 11.1. The van der Waals surface area contributed by atoms with Gasteiger partial charge in [0.1, 0.15) is 5.76 Å². The monoisotopic (exact) mass is 286 g/mol. The van der Waals surface area contributed by atoms with Crippen LogP contribution in [0.3, 0.4) is 0 Å². The van der Waals surface area contributed by atoms with Gasteiger partial charge in [-0.1, -0.05) is 50.0 Å². The fourth-order valence-electron chi connectivity index (χ4n) is 2.66. The molecule has 0 bridgehead atoms. The van der Waals surface area contributed by atoms with Crippen LogP contribution in [-0.4, -0.2) is 21.0 Å². The summed E-state index contributed by atoms with van der Waals surface area (Å²) in [6.45, 7) is 6.78. The smallest absolute Gasteiger partial charge is 0.163 e. The summed E-state index contributed by atoms with van der Waals surface area (Å²) in [5.74, 6) is 1.13. The zero-order valence-electron chi connectivity index (χ0n) is 12.7. The summed E-state index contributed by atoms with van der Waals surface area (Å²) in [4.78, 5) is 12.6. The van der Waals surface area contributed by atoms with Gasteiger partial charge in [0.25, 0.3) is 0 Å². The maximum atomic E-state index is 12.6. The first-order valence-corrected chi connectivity index (χ1v) is 10.5. The van der Waals surface area contributed by atoms with Crippen molar-refractivity contribution in [3.63, 3.8) is 0 Å². The lowest BCUT2D eigenvalue weighted by atomic mass is 10.00. The highest BCUT2D eigenvalue weighted by molar-refractivity contribution is 6.85. The van der Waals surface area contributed by atoms with E-state index in [-0.39, 0.29) is 5.78 Å². The van der Waals surface area contributed by atoms with E-state index in [0.717, 1.165) is 28.5 Å². The first kappa shape index (κ1) is 14.8. The van der Waals surface area contributed by atoms with Crippen LogP contribution in [0.15, 0.2) is 47.4 Å². The van der Waals surface area contributed by atoms with Crippen molar-refractivity contribution in [2.75, 3.05) is 7.11 Å². The van der Waals surface area contributed by atoms with E-state index < -0.39 is 8.07 Å². The van der Waals surface area contributed by atoms with Crippen LogP contribution >= 0.6 is 0 Å². The van der Waals surface area contributed by atoms with Crippen molar-refractivity contribution in [3.05, 3.63) is 52.9 Å². The topological polar surface area (TPSA) is 26.3 Å². The number of allylic oxidation sites excluding steroid dienone is 3. The largest absolute Gasteiger partial charge is 0.497 e. The molecule has 0 saturated carbocycles. The number of carbonyl (C=O) groups excluding carboxylic acids is 1. The van der Waals surface area contributed by atoms with Crippen molar-refractivity contribution in [1.82, 2.24) is 0 Å². The lowest BCUT2D eigenvalue weighted by Crippen LogP contribution is -2.28. The molecule has 106 valence electrons. The molecule has 1 aliphatic rings. The third kappa shape index (κ3) is 2.93. The number of hydrogen-bond acceptors (Lipinski definition) is 2. The molecule has 1 aromatic rings. The molecule has 0 unspecified atom stereocenters. The Kier molecular flexibility index (Phi) is 4.28. The first-order valence-electron chi connectivity index (χ1n) is 7.03. The average Bonchev–Trinajstić information content (AvgIpc) is 2.58. The Balaban J connectivity index is 2.73. The normalized spacial score (nSPS) is 16.8. The number of benzene rings is 1. The molecule has 0 heterocycles. The predicted molar refractivity (Wildman–Crippen MR) is 86.0 cm³/mol. The maximum absolute atomic E-state index is 12.6. The molecule has 0 fully saturated rings. The van der Waals surface area contributed by atoms with Crippen LogP contribution in [0.2, 0.25) is 19.6 Å². The molecule has 1 aromatic carbocycles. The maximum Gasteiger partial charge on any atom is 0.163 e. The minimum Gasteiger partial charge on any atom is -0.497 e. The second-order valence-electron chi connectivity index (χ2n) is 6.10. The van der Waals surface area contributed by atoms with Crippen LogP contribution in [0.1, 0.15) is 18.4 Å². The highest BCUT2D eigenvalue weighted by Crippen LogP contribution is 2.35. The standard InChI is InChI=1S/C17H22O2Si/c1-19-15-12-8-11-14(18)16(17(15)20(2,3)4)13-9-6-5-7-10-13/h5-7,9-10,12H,8,11H2,1-4H3. The Bertz CT molecular complexity index is 562. The number of rotatable bonds is 3. The van der Waals surface area contributed by atoms with Crippen LogP contribution in [-0.2, 0) is 9.53 Å². The second kappa shape index (κ2) is 5.79. The SMILES string of the molecule is COC1=CCCC(=O)C(c2ccccc2)=C1[Si](C)(C)C. The van der Waals surface area contributed by atoms with E-state index >= 15 is 0 Å². The Morgan fingerprint density at radius 1 is 1.10 bits per heavy atom. The lowest BCUT2D eigenvalue weighted by molar-refractivity contribution is -0.113. The van der Waals surface area contributed by atoms with Gasteiger partial charge in [-0.25, -0.2) is 0 Å². The molecule has 1 aliphatic carbocycles. The highest BCUT2D eigenvalue weighted by atomic mass is 28.3. The number of carbonyl (C=O) groups is 1. The van der Waals surface area contributed by atoms with Crippen LogP contribution in [0, 0.1) is 0 Å². The highest BCUT2D eigenvalue weighted by Gasteiger charge is 2.32. The van der Waals surface area contributed by atoms with Gasteiger partial charge in [0.15, 0.2) is 5.78 Å². The van der Waals surface area contributed by atoms with Gasteiger partial charge in [-0.2, -0.15) is 0 Å². The minimum absolute atomic E-state index is 0.233. The average molecular weight is 286 g/mol. The first-order chi connectivity index (χ1) is 9.45. The molecule has 0 aliphatic heterocycles. The molecular formula is C17H22O2Si. The summed E-state index contributed by atoms with van der Waals surface area (Å²) in [5.41, 5.74) is 1.88. The summed E-state index contributed by atoms with van der Waals surface area (Å²) < 4.78 is 5.60. The molecule has 0 spiro atoms. The van der Waals surface area contributed by atoms with Crippen LogP contribution in [0.25, 0.3) is 5.57 Å². The summed E-state index contributed by atoms with van der Waals surface area (Å²) in [6, 6.07) is 9.99. The van der Waals surface area contributed by atoms with Gasteiger partial charge in [0.05, 0.1) is 15.2 Å².